The van der Waals surface area contributed by atoms with Gasteiger partial charge in [0.25, 0.3) is 0 Å². The SMILES string of the molecule is CCOC(=O)c1sc(N2CCN(c3nc(C)ns3)CC2)nc1C. The summed E-state index contributed by atoms with van der Waals surface area (Å²) in [4.78, 5) is 25.9. The molecule has 7 nitrogen and oxygen atoms in total. The number of carbonyl (C=O) groups excluding carboxylic acids is 1. The Bertz CT molecular complexity index is 691. The largest absolute Gasteiger partial charge is 0.462 e. The van der Waals surface area contributed by atoms with E-state index in [9.17, 15) is 4.79 Å². The van der Waals surface area contributed by atoms with Crippen LogP contribution in [-0.2, 0) is 4.74 Å². The quantitative estimate of drug-likeness (QED) is 0.780. The Labute approximate surface area is 143 Å². The van der Waals surface area contributed by atoms with Crippen molar-refractivity contribution >= 4 is 39.1 Å². The molecule has 1 aliphatic rings. The van der Waals surface area contributed by atoms with E-state index in [1.165, 1.54) is 22.9 Å². The van der Waals surface area contributed by atoms with Crippen molar-refractivity contribution in [3.05, 3.63) is 16.4 Å². The van der Waals surface area contributed by atoms with E-state index in [1.807, 2.05) is 20.8 Å². The molecule has 0 unspecified atom stereocenters. The Balaban J connectivity index is 1.66. The molecule has 0 aliphatic carbocycles. The molecule has 0 amide bonds. The van der Waals surface area contributed by atoms with E-state index in [4.69, 9.17) is 4.74 Å². The second kappa shape index (κ2) is 6.79. The van der Waals surface area contributed by atoms with Crippen molar-refractivity contribution in [1.29, 1.82) is 0 Å². The molecule has 0 N–H and O–H groups in total. The van der Waals surface area contributed by atoms with E-state index in [-0.39, 0.29) is 5.97 Å². The molecule has 2 aromatic rings. The zero-order valence-electron chi connectivity index (χ0n) is 13.4. The summed E-state index contributed by atoms with van der Waals surface area (Å²) in [5.74, 6) is 0.541. The molecule has 3 heterocycles. The van der Waals surface area contributed by atoms with Gasteiger partial charge in [-0.15, -0.1) is 0 Å². The molecular formula is C14H19N5O2S2. The molecule has 124 valence electrons. The third-order valence-corrected chi connectivity index (χ3v) is 5.65. The summed E-state index contributed by atoms with van der Waals surface area (Å²) in [5, 5.41) is 1.86. The fraction of sp³-hybridized carbons (Fsp3) is 0.571. The van der Waals surface area contributed by atoms with Gasteiger partial charge in [-0.25, -0.2) is 14.8 Å². The standard InChI is InChI=1S/C14H19N5O2S2/c1-4-21-12(20)11-9(2)15-13(22-11)18-5-7-19(8-6-18)14-16-10(3)17-23-14/h4-8H2,1-3H3. The van der Waals surface area contributed by atoms with E-state index < -0.39 is 0 Å². The van der Waals surface area contributed by atoms with Crippen molar-refractivity contribution in [3.63, 3.8) is 0 Å². The van der Waals surface area contributed by atoms with Crippen molar-refractivity contribution in [2.45, 2.75) is 20.8 Å². The van der Waals surface area contributed by atoms with Crippen molar-refractivity contribution in [2.75, 3.05) is 42.6 Å². The smallest absolute Gasteiger partial charge is 0.350 e. The second-order valence-electron chi connectivity index (χ2n) is 5.23. The Hall–Kier alpha value is -1.74. The van der Waals surface area contributed by atoms with Crippen LogP contribution in [0.25, 0.3) is 0 Å². The van der Waals surface area contributed by atoms with Gasteiger partial charge < -0.3 is 14.5 Å². The number of hydrogen-bond acceptors (Lipinski definition) is 9. The summed E-state index contributed by atoms with van der Waals surface area (Å²) in [5.41, 5.74) is 0.741. The van der Waals surface area contributed by atoms with E-state index in [0.29, 0.717) is 11.5 Å². The summed E-state index contributed by atoms with van der Waals surface area (Å²) in [7, 11) is 0. The number of carbonyl (C=O) groups is 1. The second-order valence-corrected chi connectivity index (χ2v) is 6.94. The summed E-state index contributed by atoms with van der Waals surface area (Å²) < 4.78 is 9.31. The Morgan fingerprint density at radius 1 is 1.13 bits per heavy atom. The molecule has 23 heavy (non-hydrogen) atoms. The van der Waals surface area contributed by atoms with Gasteiger partial charge in [-0.1, -0.05) is 11.3 Å². The highest BCUT2D eigenvalue weighted by Gasteiger charge is 2.24. The maximum atomic E-state index is 11.9. The van der Waals surface area contributed by atoms with Crippen LogP contribution in [-0.4, -0.2) is 53.1 Å². The molecule has 1 saturated heterocycles. The summed E-state index contributed by atoms with van der Waals surface area (Å²) in [6, 6.07) is 0. The summed E-state index contributed by atoms with van der Waals surface area (Å²) >= 11 is 2.85. The first kappa shape index (κ1) is 16.1. The highest BCUT2D eigenvalue weighted by molar-refractivity contribution is 7.17. The number of thiazole rings is 1. The van der Waals surface area contributed by atoms with Crippen LogP contribution in [0.1, 0.15) is 28.1 Å². The summed E-state index contributed by atoms with van der Waals surface area (Å²) in [6.45, 7) is 9.42. The number of nitrogens with zero attached hydrogens (tertiary/aromatic N) is 5. The summed E-state index contributed by atoms with van der Waals surface area (Å²) in [6.07, 6.45) is 0. The van der Waals surface area contributed by atoms with Crippen LogP contribution in [0.15, 0.2) is 0 Å². The maximum Gasteiger partial charge on any atom is 0.350 e. The van der Waals surface area contributed by atoms with Crippen LogP contribution in [0.5, 0.6) is 0 Å². The minimum absolute atomic E-state index is 0.281. The number of hydrogen-bond donors (Lipinski definition) is 0. The number of esters is 1. The molecule has 0 spiro atoms. The first-order chi connectivity index (χ1) is 11.1. The number of piperazine rings is 1. The lowest BCUT2D eigenvalue weighted by Crippen LogP contribution is -2.46. The lowest BCUT2D eigenvalue weighted by atomic mass is 10.3. The minimum atomic E-state index is -0.281. The number of ether oxygens (including phenoxy) is 1. The fourth-order valence-electron chi connectivity index (χ4n) is 2.41. The van der Waals surface area contributed by atoms with Crippen LogP contribution in [0, 0.1) is 13.8 Å². The predicted octanol–water partition coefficient (Wildman–Crippen LogP) is 2.11. The molecule has 0 aromatic carbocycles. The van der Waals surface area contributed by atoms with Gasteiger partial charge in [-0.05, 0) is 20.8 Å². The predicted molar refractivity (Wildman–Crippen MR) is 91.9 cm³/mol. The monoisotopic (exact) mass is 353 g/mol. The molecule has 2 aromatic heterocycles. The molecule has 0 radical (unpaired) electrons. The van der Waals surface area contributed by atoms with E-state index in [2.05, 4.69) is 24.1 Å². The van der Waals surface area contributed by atoms with Gasteiger partial charge in [0.05, 0.1) is 12.3 Å². The van der Waals surface area contributed by atoms with E-state index in [0.717, 1.165) is 48.0 Å². The molecular weight excluding hydrogens is 334 g/mol. The van der Waals surface area contributed by atoms with Gasteiger partial charge >= 0.3 is 5.97 Å². The minimum Gasteiger partial charge on any atom is -0.462 e. The van der Waals surface area contributed by atoms with Crippen molar-refractivity contribution < 1.29 is 9.53 Å². The highest BCUT2D eigenvalue weighted by atomic mass is 32.1. The van der Waals surface area contributed by atoms with E-state index >= 15 is 0 Å². The van der Waals surface area contributed by atoms with Gasteiger partial charge in [-0.3, -0.25) is 0 Å². The molecule has 0 bridgehead atoms. The third kappa shape index (κ3) is 3.45. The lowest BCUT2D eigenvalue weighted by molar-refractivity contribution is 0.0531. The first-order valence-corrected chi connectivity index (χ1v) is 9.12. The number of rotatable bonds is 4. The normalized spacial score (nSPS) is 15.1. The molecule has 9 heteroatoms. The lowest BCUT2D eigenvalue weighted by Gasteiger charge is -2.34. The topological polar surface area (TPSA) is 71.5 Å². The van der Waals surface area contributed by atoms with Crippen molar-refractivity contribution in [1.82, 2.24) is 14.3 Å². The molecule has 0 atom stereocenters. The van der Waals surface area contributed by atoms with Gasteiger partial charge in [0.2, 0.25) is 5.13 Å². The van der Waals surface area contributed by atoms with Gasteiger partial charge in [0, 0.05) is 37.7 Å². The molecule has 1 fully saturated rings. The molecule has 0 saturated carbocycles. The average molecular weight is 353 g/mol. The Kier molecular flexibility index (Phi) is 4.76. The zero-order valence-corrected chi connectivity index (χ0v) is 15.0. The number of anilines is 2. The Morgan fingerprint density at radius 3 is 2.35 bits per heavy atom. The average Bonchev–Trinajstić information content (AvgIpc) is 3.14. The van der Waals surface area contributed by atoms with Crippen LogP contribution >= 0.6 is 22.9 Å². The first-order valence-electron chi connectivity index (χ1n) is 7.53. The molecule has 1 aliphatic heterocycles. The highest BCUT2D eigenvalue weighted by Crippen LogP contribution is 2.28. The number of aromatic nitrogens is 3. The fourth-order valence-corrected chi connectivity index (χ4v) is 4.15. The van der Waals surface area contributed by atoms with Gasteiger partial charge in [-0.2, -0.15) is 4.37 Å². The van der Waals surface area contributed by atoms with Gasteiger partial charge in [0.1, 0.15) is 10.7 Å². The molecule has 3 rings (SSSR count). The van der Waals surface area contributed by atoms with Gasteiger partial charge in [0.15, 0.2) is 5.13 Å². The Morgan fingerprint density at radius 2 is 1.78 bits per heavy atom. The third-order valence-electron chi connectivity index (χ3n) is 3.58. The van der Waals surface area contributed by atoms with Crippen LogP contribution in [0.3, 0.4) is 0 Å². The van der Waals surface area contributed by atoms with Crippen LogP contribution in [0.4, 0.5) is 10.3 Å². The van der Waals surface area contributed by atoms with E-state index in [1.54, 1.807) is 0 Å². The maximum absolute atomic E-state index is 11.9. The van der Waals surface area contributed by atoms with Crippen molar-refractivity contribution in [3.8, 4) is 0 Å². The van der Waals surface area contributed by atoms with Crippen LogP contribution < -0.4 is 9.80 Å². The van der Waals surface area contributed by atoms with Crippen LogP contribution in [0.2, 0.25) is 0 Å². The zero-order chi connectivity index (χ0) is 16.4. The van der Waals surface area contributed by atoms with Crippen molar-refractivity contribution in [2.24, 2.45) is 0 Å². The number of aryl methyl sites for hydroxylation is 2.